The molecule has 8 heteroatoms. The van der Waals surface area contributed by atoms with E-state index in [1.807, 2.05) is 56.3 Å². The molecule has 3 aromatic rings. The summed E-state index contributed by atoms with van der Waals surface area (Å²) in [6.45, 7) is 4.14. The van der Waals surface area contributed by atoms with Crippen molar-refractivity contribution in [3.63, 3.8) is 0 Å². The highest BCUT2D eigenvalue weighted by atomic mass is 79.9. The summed E-state index contributed by atoms with van der Waals surface area (Å²) in [5.74, 6) is -0.000748. The first-order valence-corrected chi connectivity index (χ1v) is 12.8. The summed E-state index contributed by atoms with van der Waals surface area (Å²) in [4.78, 5) is 28.2. The van der Waals surface area contributed by atoms with Gasteiger partial charge in [0, 0.05) is 34.0 Å². The van der Waals surface area contributed by atoms with Crippen LogP contribution < -0.4 is 10.1 Å². The van der Waals surface area contributed by atoms with Crippen LogP contribution in [0.5, 0.6) is 5.75 Å². The average molecular weight is 578 g/mol. The third kappa shape index (κ3) is 7.72. The molecule has 0 aliphatic rings. The molecule has 0 radical (unpaired) electrons. The Labute approximate surface area is 224 Å². The van der Waals surface area contributed by atoms with Crippen LogP contribution in [0.1, 0.15) is 23.6 Å². The molecule has 35 heavy (non-hydrogen) atoms. The quantitative estimate of drug-likeness (QED) is 0.311. The lowest BCUT2D eigenvalue weighted by Crippen LogP contribution is -2.51. The summed E-state index contributed by atoms with van der Waals surface area (Å²) in [7, 11) is 0. The number of ether oxygens (including phenoxy) is 1. The number of likely N-dealkylation sites (N-methyl/N-ethyl adjacent to an activating group) is 1. The van der Waals surface area contributed by atoms with Crippen LogP contribution in [0.3, 0.4) is 0 Å². The SMILES string of the molecule is CCNC(=O)[C@H](Cc1ccccc1)N(Cc1ccc(Cl)cc1Cl)C(=O)COc1ccc(Br)c(C)c1. The number of hydrogen-bond donors (Lipinski definition) is 1. The van der Waals surface area contributed by atoms with Gasteiger partial charge in [-0.1, -0.05) is 75.5 Å². The standard InChI is InChI=1S/C27H27BrCl2N2O3/c1-3-31-27(34)25(14-19-7-5-4-6-8-19)32(16-20-9-10-21(29)15-24(20)30)26(33)17-35-22-11-12-23(28)18(2)13-22/h4-13,15,25H,3,14,16-17H2,1-2H3,(H,31,34)/t25-/m0/s1. The van der Waals surface area contributed by atoms with E-state index in [2.05, 4.69) is 21.2 Å². The minimum absolute atomic E-state index is 0.131. The summed E-state index contributed by atoms with van der Waals surface area (Å²) in [6, 6.07) is 19.5. The molecule has 0 aromatic heterocycles. The normalized spacial score (nSPS) is 11.6. The minimum Gasteiger partial charge on any atom is -0.484 e. The summed E-state index contributed by atoms with van der Waals surface area (Å²) in [6.07, 6.45) is 0.348. The Morgan fingerprint density at radius 3 is 2.46 bits per heavy atom. The fraction of sp³-hybridized carbons (Fsp3) is 0.259. The third-order valence-corrected chi connectivity index (χ3v) is 6.95. The Bertz CT molecular complexity index is 1170. The van der Waals surface area contributed by atoms with E-state index in [1.54, 1.807) is 24.3 Å². The van der Waals surface area contributed by atoms with Crippen LogP contribution >= 0.6 is 39.1 Å². The molecule has 0 saturated heterocycles. The summed E-state index contributed by atoms with van der Waals surface area (Å²) in [5, 5.41) is 3.79. The smallest absolute Gasteiger partial charge is 0.261 e. The molecule has 3 rings (SSSR count). The van der Waals surface area contributed by atoms with Crippen molar-refractivity contribution < 1.29 is 14.3 Å². The number of aryl methyl sites for hydroxylation is 1. The minimum atomic E-state index is -0.758. The van der Waals surface area contributed by atoms with E-state index < -0.39 is 6.04 Å². The van der Waals surface area contributed by atoms with Crippen molar-refractivity contribution in [2.24, 2.45) is 0 Å². The van der Waals surface area contributed by atoms with Crippen LogP contribution in [0.4, 0.5) is 0 Å². The highest BCUT2D eigenvalue weighted by molar-refractivity contribution is 9.10. The van der Waals surface area contributed by atoms with Gasteiger partial charge in [0.05, 0.1) is 0 Å². The van der Waals surface area contributed by atoms with E-state index in [4.69, 9.17) is 27.9 Å². The maximum absolute atomic E-state index is 13.5. The first kappa shape index (κ1) is 27.1. The zero-order valence-electron chi connectivity index (χ0n) is 19.6. The van der Waals surface area contributed by atoms with E-state index in [-0.39, 0.29) is 25.0 Å². The van der Waals surface area contributed by atoms with Gasteiger partial charge in [0.15, 0.2) is 6.61 Å². The number of halogens is 3. The van der Waals surface area contributed by atoms with Gasteiger partial charge < -0.3 is 15.0 Å². The van der Waals surface area contributed by atoms with Crippen LogP contribution in [-0.4, -0.2) is 35.9 Å². The molecular formula is C27H27BrCl2N2O3. The zero-order valence-corrected chi connectivity index (χ0v) is 22.7. The number of hydrogen-bond acceptors (Lipinski definition) is 3. The lowest BCUT2D eigenvalue weighted by molar-refractivity contribution is -0.142. The zero-order chi connectivity index (χ0) is 25.4. The van der Waals surface area contributed by atoms with Crippen LogP contribution in [0.25, 0.3) is 0 Å². The highest BCUT2D eigenvalue weighted by Gasteiger charge is 2.31. The average Bonchev–Trinajstić information content (AvgIpc) is 2.84. The van der Waals surface area contributed by atoms with E-state index in [9.17, 15) is 9.59 Å². The van der Waals surface area contributed by atoms with Gasteiger partial charge in [-0.3, -0.25) is 9.59 Å². The monoisotopic (exact) mass is 576 g/mol. The van der Waals surface area contributed by atoms with Gasteiger partial charge in [-0.15, -0.1) is 0 Å². The molecule has 0 heterocycles. The second kappa shape index (κ2) is 13.0. The van der Waals surface area contributed by atoms with Gasteiger partial charge in [0.1, 0.15) is 11.8 Å². The Morgan fingerprint density at radius 2 is 1.80 bits per heavy atom. The van der Waals surface area contributed by atoms with Crippen LogP contribution in [0.2, 0.25) is 10.0 Å². The maximum Gasteiger partial charge on any atom is 0.261 e. The van der Waals surface area contributed by atoms with Crippen molar-refractivity contribution in [3.05, 3.63) is 97.9 Å². The Morgan fingerprint density at radius 1 is 1.06 bits per heavy atom. The molecule has 0 saturated carbocycles. The van der Waals surface area contributed by atoms with Crippen molar-refractivity contribution in [1.29, 1.82) is 0 Å². The number of nitrogens with zero attached hydrogens (tertiary/aromatic N) is 1. The highest BCUT2D eigenvalue weighted by Crippen LogP contribution is 2.25. The van der Waals surface area contributed by atoms with Gasteiger partial charge in [-0.2, -0.15) is 0 Å². The number of carbonyl (C=O) groups excluding carboxylic acids is 2. The topological polar surface area (TPSA) is 58.6 Å². The Hall–Kier alpha value is -2.54. The molecule has 0 aliphatic heterocycles. The van der Waals surface area contributed by atoms with Crippen LogP contribution in [-0.2, 0) is 22.6 Å². The first-order chi connectivity index (χ1) is 16.8. The summed E-state index contributed by atoms with van der Waals surface area (Å²) in [5.41, 5.74) is 2.61. The van der Waals surface area contributed by atoms with Crippen molar-refractivity contribution in [2.45, 2.75) is 32.9 Å². The molecule has 5 nitrogen and oxygen atoms in total. The van der Waals surface area contributed by atoms with Gasteiger partial charge in [-0.05, 0) is 60.9 Å². The molecule has 3 aromatic carbocycles. The van der Waals surface area contributed by atoms with E-state index in [0.29, 0.717) is 34.3 Å². The largest absolute Gasteiger partial charge is 0.484 e. The van der Waals surface area contributed by atoms with E-state index in [1.165, 1.54) is 4.90 Å². The number of benzene rings is 3. The van der Waals surface area contributed by atoms with Crippen molar-refractivity contribution in [1.82, 2.24) is 10.2 Å². The number of carbonyl (C=O) groups is 2. The van der Waals surface area contributed by atoms with Crippen LogP contribution in [0.15, 0.2) is 71.2 Å². The molecule has 0 spiro atoms. The van der Waals surface area contributed by atoms with Crippen molar-refractivity contribution in [3.8, 4) is 5.75 Å². The summed E-state index contributed by atoms with van der Waals surface area (Å²) < 4.78 is 6.77. The molecule has 0 bridgehead atoms. The Balaban J connectivity index is 1.92. The molecule has 184 valence electrons. The molecule has 1 atom stereocenters. The number of amides is 2. The molecule has 0 aliphatic carbocycles. The second-order valence-corrected chi connectivity index (χ2v) is 9.76. The lowest BCUT2D eigenvalue weighted by atomic mass is 10.0. The molecule has 2 amide bonds. The van der Waals surface area contributed by atoms with Gasteiger partial charge in [0.25, 0.3) is 5.91 Å². The molecular weight excluding hydrogens is 551 g/mol. The van der Waals surface area contributed by atoms with E-state index >= 15 is 0 Å². The molecule has 0 unspecified atom stereocenters. The van der Waals surface area contributed by atoms with Gasteiger partial charge in [0.2, 0.25) is 5.91 Å². The third-order valence-electron chi connectivity index (χ3n) is 5.47. The van der Waals surface area contributed by atoms with Gasteiger partial charge >= 0.3 is 0 Å². The van der Waals surface area contributed by atoms with Gasteiger partial charge in [-0.25, -0.2) is 0 Å². The van der Waals surface area contributed by atoms with E-state index in [0.717, 1.165) is 15.6 Å². The fourth-order valence-electron chi connectivity index (χ4n) is 3.61. The number of rotatable bonds is 10. The second-order valence-electron chi connectivity index (χ2n) is 8.06. The predicted molar refractivity (Wildman–Crippen MR) is 144 cm³/mol. The Kier molecular flexibility index (Phi) is 10.0. The molecule has 1 N–H and O–H groups in total. The van der Waals surface area contributed by atoms with Crippen molar-refractivity contribution in [2.75, 3.05) is 13.2 Å². The number of nitrogens with one attached hydrogen (secondary N) is 1. The maximum atomic E-state index is 13.5. The molecule has 0 fully saturated rings. The fourth-order valence-corrected chi connectivity index (χ4v) is 4.33. The lowest BCUT2D eigenvalue weighted by Gasteiger charge is -2.31. The summed E-state index contributed by atoms with van der Waals surface area (Å²) >= 11 is 16.0. The predicted octanol–water partition coefficient (Wildman–Crippen LogP) is 6.22. The first-order valence-electron chi connectivity index (χ1n) is 11.2. The van der Waals surface area contributed by atoms with Crippen LogP contribution in [0, 0.1) is 6.92 Å². The van der Waals surface area contributed by atoms with Crippen molar-refractivity contribution >= 4 is 50.9 Å².